The molecule has 0 saturated carbocycles. The summed E-state index contributed by atoms with van der Waals surface area (Å²) < 4.78 is 5.40. The monoisotopic (exact) mass is 409 g/mol. The summed E-state index contributed by atoms with van der Waals surface area (Å²) >= 11 is 0. The van der Waals surface area contributed by atoms with Crippen molar-refractivity contribution in [2.75, 3.05) is 22.1 Å². The summed E-state index contributed by atoms with van der Waals surface area (Å²) in [7, 11) is 0. The second kappa shape index (κ2) is 9.43. The van der Waals surface area contributed by atoms with Crippen molar-refractivity contribution in [2.45, 2.75) is 39.7 Å². The highest BCUT2D eigenvalue weighted by Gasteiger charge is 2.39. The van der Waals surface area contributed by atoms with Gasteiger partial charge in [-0.3, -0.25) is 14.4 Å². The number of nitrogens with zero attached hydrogens (tertiary/aromatic N) is 1. The van der Waals surface area contributed by atoms with Crippen molar-refractivity contribution in [3.05, 3.63) is 48.5 Å². The molecule has 1 atom stereocenters. The molecule has 158 valence electrons. The van der Waals surface area contributed by atoms with Gasteiger partial charge in [0.15, 0.2) is 0 Å². The van der Waals surface area contributed by atoms with E-state index >= 15 is 0 Å². The first-order valence-electron chi connectivity index (χ1n) is 10.1. The Morgan fingerprint density at radius 1 is 1.07 bits per heavy atom. The molecule has 3 rings (SSSR count). The number of hydrogen-bond donors (Lipinski definition) is 2. The summed E-state index contributed by atoms with van der Waals surface area (Å²) in [5.41, 5.74) is 1.92. The molecule has 0 bridgehead atoms. The molecule has 1 heterocycles. The van der Waals surface area contributed by atoms with Crippen molar-refractivity contribution in [1.29, 1.82) is 0 Å². The van der Waals surface area contributed by atoms with Crippen LogP contribution in [0.15, 0.2) is 48.5 Å². The Balaban J connectivity index is 1.63. The number of hydrogen-bond acceptors (Lipinski definition) is 5. The Labute approximate surface area is 176 Å². The van der Waals surface area contributed by atoms with Crippen molar-refractivity contribution in [3.8, 4) is 5.75 Å². The van der Waals surface area contributed by atoms with Gasteiger partial charge in [0.05, 0.1) is 18.7 Å². The largest absolute Gasteiger partial charge is 0.494 e. The van der Waals surface area contributed by atoms with E-state index in [-0.39, 0.29) is 30.1 Å². The van der Waals surface area contributed by atoms with Crippen LogP contribution in [-0.2, 0) is 14.4 Å². The summed E-state index contributed by atoms with van der Waals surface area (Å²) in [5, 5.41) is 5.96. The molecule has 1 saturated heterocycles. The number of carbonyl (C=O) groups is 3. The third kappa shape index (κ3) is 5.17. The zero-order valence-corrected chi connectivity index (χ0v) is 17.5. The second-order valence-electron chi connectivity index (χ2n) is 7.62. The van der Waals surface area contributed by atoms with Crippen LogP contribution in [0.5, 0.6) is 5.75 Å². The van der Waals surface area contributed by atoms with Gasteiger partial charge in [-0.15, -0.1) is 0 Å². The lowest BCUT2D eigenvalue weighted by atomic mass is 10.1. The van der Waals surface area contributed by atoms with Crippen LogP contribution in [0, 0.1) is 5.92 Å². The lowest BCUT2D eigenvalue weighted by Crippen LogP contribution is -2.34. The molecule has 0 spiro atoms. The smallest absolute Gasteiger partial charge is 0.256 e. The Bertz CT molecular complexity index is 907. The van der Waals surface area contributed by atoms with Crippen molar-refractivity contribution in [3.63, 3.8) is 0 Å². The fraction of sp³-hybridized carbons (Fsp3) is 0.348. The summed E-state index contributed by atoms with van der Waals surface area (Å²) in [6.45, 7) is 6.42. The first-order valence-corrected chi connectivity index (χ1v) is 10.1. The number of rotatable bonds is 8. The third-order valence-electron chi connectivity index (χ3n) is 4.66. The molecule has 0 radical (unpaired) electrons. The van der Waals surface area contributed by atoms with E-state index in [1.54, 1.807) is 48.5 Å². The molecule has 2 aromatic rings. The maximum Gasteiger partial charge on any atom is 0.256 e. The van der Waals surface area contributed by atoms with Crippen LogP contribution in [-0.4, -0.2) is 30.4 Å². The Morgan fingerprint density at radius 3 is 2.30 bits per heavy atom. The van der Waals surface area contributed by atoms with Gasteiger partial charge in [-0.25, -0.2) is 4.90 Å². The first kappa shape index (κ1) is 21.4. The van der Waals surface area contributed by atoms with Crippen molar-refractivity contribution >= 4 is 34.8 Å². The van der Waals surface area contributed by atoms with Crippen LogP contribution in [0.4, 0.5) is 17.1 Å². The van der Waals surface area contributed by atoms with E-state index in [2.05, 4.69) is 10.6 Å². The van der Waals surface area contributed by atoms with E-state index in [4.69, 9.17) is 4.74 Å². The highest BCUT2D eigenvalue weighted by Crippen LogP contribution is 2.27. The van der Waals surface area contributed by atoms with E-state index in [1.807, 2.05) is 20.8 Å². The second-order valence-corrected chi connectivity index (χ2v) is 7.62. The van der Waals surface area contributed by atoms with Gasteiger partial charge in [0.2, 0.25) is 11.8 Å². The molecule has 1 aliphatic heterocycles. The standard InChI is InChI=1S/C23H27N3O4/c1-4-30-19-11-9-18(10-12-19)26-22(28)14-20(23(26)29)24-16-5-7-17(8-6-16)25-21(27)13-15(2)3/h5-12,15,20,24H,4,13-14H2,1-3H3,(H,25,27). The molecule has 1 fully saturated rings. The predicted molar refractivity (Wildman–Crippen MR) is 117 cm³/mol. The highest BCUT2D eigenvalue weighted by atomic mass is 16.5. The Hall–Kier alpha value is -3.35. The zero-order valence-electron chi connectivity index (χ0n) is 17.5. The minimum Gasteiger partial charge on any atom is -0.494 e. The van der Waals surface area contributed by atoms with Gasteiger partial charge < -0.3 is 15.4 Å². The third-order valence-corrected chi connectivity index (χ3v) is 4.66. The van der Waals surface area contributed by atoms with Crippen LogP contribution in [0.2, 0.25) is 0 Å². The van der Waals surface area contributed by atoms with Gasteiger partial charge >= 0.3 is 0 Å². The van der Waals surface area contributed by atoms with E-state index in [0.29, 0.717) is 35.8 Å². The van der Waals surface area contributed by atoms with Gasteiger partial charge in [-0.2, -0.15) is 0 Å². The van der Waals surface area contributed by atoms with E-state index in [1.165, 1.54) is 4.90 Å². The Kier molecular flexibility index (Phi) is 6.72. The zero-order chi connectivity index (χ0) is 21.7. The summed E-state index contributed by atoms with van der Waals surface area (Å²) in [6, 6.07) is 13.4. The molecule has 3 amide bonds. The molecule has 2 N–H and O–H groups in total. The Morgan fingerprint density at radius 2 is 1.70 bits per heavy atom. The number of ether oxygens (including phenoxy) is 1. The lowest BCUT2D eigenvalue weighted by molar-refractivity contribution is -0.121. The van der Waals surface area contributed by atoms with Crippen molar-refractivity contribution in [1.82, 2.24) is 0 Å². The number of benzene rings is 2. The minimum atomic E-state index is -0.634. The SMILES string of the molecule is CCOc1ccc(N2C(=O)CC(Nc3ccc(NC(=O)CC(C)C)cc3)C2=O)cc1. The minimum absolute atomic E-state index is 0.0340. The average molecular weight is 409 g/mol. The fourth-order valence-corrected chi connectivity index (χ4v) is 3.31. The molecule has 7 nitrogen and oxygen atoms in total. The molecule has 30 heavy (non-hydrogen) atoms. The predicted octanol–water partition coefficient (Wildman–Crippen LogP) is 3.81. The van der Waals surface area contributed by atoms with Gasteiger partial charge in [-0.05, 0) is 61.4 Å². The van der Waals surface area contributed by atoms with Crippen LogP contribution in [0.25, 0.3) is 0 Å². The number of anilines is 3. The molecule has 1 unspecified atom stereocenters. The maximum atomic E-state index is 12.8. The topological polar surface area (TPSA) is 87.7 Å². The van der Waals surface area contributed by atoms with Gasteiger partial charge in [0, 0.05) is 17.8 Å². The van der Waals surface area contributed by atoms with Crippen molar-refractivity contribution in [2.24, 2.45) is 5.92 Å². The summed E-state index contributed by atoms with van der Waals surface area (Å²) in [4.78, 5) is 38.3. The molecule has 7 heteroatoms. The average Bonchev–Trinajstić information content (AvgIpc) is 2.97. The van der Waals surface area contributed by atoms with Crippen LogP contribution in [0.1, 0.15) is 33.6 Å². The molecule has 0 aromatic heterocycles. The fourth-order valence-electron chi connectivity index (χ4n) is 3.31. The highest BCUT2D eigenvalue weighted by molar-refractivity contribution is 6.23. The number of amides is 3. The molecule has 1 aliphatic rings. The molecular weight excluding hydrogens is 382 g/mol. The number of carbonyl (C=O) groups excluding carboxylic acids is 3. The lowest BCUT2D eigenvalue weighted by Gasteiger charge is -2.17. The molecular formula is C23H27N3O4. The summed E-state index contributed by atoms with van der Waals surface area (Å²) in [6.07, 6.45) is 0.541. The molecule has 2 aromatic carbocycles. The van der Waals surface area contributed by atoms with Gasteiger partial charge in [-0.1, -0.05) is 13.8 Å². The van der Waals surface area contributed by atoms with Crippen molar-refractivity contribution < 1.29 is 19.1 Å². The van der Waals surface area contributed by atoms with Gasteiger partial charge in [0.25, 0.3) is 5.91 Å². The number of imide groups is 1. The van der Waals surface area contributed by atoms with Crippen LogP contribution >= 0.6 is 0 Å². The van der Waals surface area contributed by atoms with Gasteiger partial charge in [0.1, 0.15) is 11.8 Å². The quantitative estimate of drug-likeness (QED) is 0.647. The van der Waals surface area contributed by atoms with Crippen LogP contribution < -0.4 is 20.3 Å². The maximum absolute atomic E-state index is 12.8. The normalized spacial score (nSPS) is 16.1. The van der Waals surface area contributed by atoms with E-state index in [0.717, 1.165) is 0 Å². The molecule has 0 aliphatic carbocycles. The van der Waals surface area contributed by atoms with E-state index < -0.39 is 6.04 Å². The number of nitrogens with one attached hydrogen (secondary N) is 2. The van der Waals surface area contributed by atoms with Crippen LogP contribution in [0.3, 0.4) is 0 Å². The summed E-state index contributed by atoms with van der Waals surface area (Å²) in [5.74, 6) is 0.400. The first-order chi connectivity index (χ1) is 14.4. The van der Waals surface area contributed by atoms with E-state index in [9.17, 15) is 14.4 Å².